The molecule has 2 aromatic carbocycles. The molecule has 0 saturated heterocycles. The van der Waals surface area contributed by atoms with Gasteiger partial charge in [0.1, 0.15) is 0 Å². The van der Waals surface area contributed by atoms with Gasteiger partial charge in [0.25, 0.3) is 0 Å². The first-order valence-electron chi connectivity index (χ1n) is 7.32. The van der Waals surface area contributed by atoms with Crippen molar-refractivity contribution in [3.8, 4) is 0 Å². The Morgan fingerprint density at radius 1 is 1.25 bits per heavy atom. The fourth-order valence-corrected chi connectivity index (χ4v) is 3.55. The average Bonchev–Trinajstić information content (AvgIpc) is 2.96. The maximum Gasteiger partial charge on any atom is 0.338 e. The van der Waals surface area contributed by atoms with Crippen molar-refractivity contribution in [1.29, 1.82) is 0 Å². The summed E-state index contributed by atoms with van der Waals surface area (Å²) < 4.78 is 5.94. The Labute approximate surface area is 153 Å². The Bertz CT molecular complexity index is 895. The van der Waals surface area contributed by atoms with Crippen LogP contribution in [0.2, 0.25) is 10.0 Å². The quantitative estimate of drug-likeness (QED) is 0.602. The summed E-state index contributed by atoms with van der Waals surface area (Å²) in [5, 5.41) is 5.23. The van der Waals surface area contributed by atoms with Crippen molar-refractivity contribution in [2.75, 3.05) is 11.9 Å². The zero-order valence-electron chi connectivity index (χ0n) is 12.8. The van der Waals surface area contributed by atoms with Crippen LogP contribution >= 0.6 is 34.5 Å². The zero-order chi connectivity index (χ0) is 17.1. The van der Waals surface area contributed by atoms with Gasteiger partial charge in [0.05, 0.1) is 22.4 Å². The lowest BCUT2D eigenvalue weighted by Gasteiger charge is -2.05. The Morgan fingerprint density at radius 3 is 2.83 bits per heavy atom. The summed E-state index contributed by atoms with van der Waals surface area (Å²) in [5.41, 5.74) is 2.30. The third kappa shape index (κ3) is 3.80. The number of nitrogens with one attached hydrogen (secondary N) is 1. The van der Waals surface area contributed by atoms with Crippen LogP contribution in [0.25, 0.3) is 10.2 Å². The van der Waals surface area contributed by atoms with E-state index in [-0.39, 0.29) is 5.97 Å². The SMILES string of the molecule is CCOC(=O)c1ccc2nc(NCc3ccc(Cl)cc3Cl)sc2c1. The van der Waals surface area contributed by atoms with Gasteiger partial charge in [-0.2, -0.15) is 0 Å². The van der Waals surface area contributed by atoms with Crippen molar-refractivity contribution < 1.29 is 9.53 Å². The van der Waals surface area contributed by atoms with E-state index in [1.54, 1.807) is 31.2 Å². The van der Waals surface area contributed by atoms with Crippen LogP contribution in [0.1, 0.15) is 22.8 Å². The zero-order valence-corrected chi connectivity index (χ0v) is 15.1. The van der Waals surface area contributed by atoms with Gasteiger partial charge in [0.15, 0.2) is 5.13 Å². The molecule has 0 aliphatic carbocycles. The highest BCUT2D eigenvalue weighted by Gasteiger charge is 2.10. The molecule has 0 aliphatic heterocycles. The number of benzene rings is 2. The smallest absolute Gasteiger partial charge is 0.338 e. The van der Waals surface area contributed by atoms with E-state index in [2.05, 4.69) is 10.3 Å². The number of carbonyl (C=O) groups excluding carboxylic acids is 1. The van der Waals surface area contributed by atoms with Crippen molar-refractivity contribution in [1.82, 2.24) is 4.98 Å². The minimum absolute atomic E-state index is 0.324. The molecule has 4 nitrogen and oxygen atoms in total. The summed E-state index contributed by atoms with van der Waals surface area (Å²) in [6.45, 7) is 2.68. The van der Waals surface area contributed by atoms with Crippen LogP contribution in [-0.4, -0.2) is 17.6 Å². The molecule has 0 unspecified atom stereocenters. The molecular weight excluding hydrogens is 367 g/mol. The Kier molecular flexibility index (Phi) is 5.23. The minimum atomic E-state index is -0.324. The number of hydrogen-bond acceptors (Lipinski definition) is 5. The molecule has 1 N–H and O–H groups in total. The molecule has 0 saturated carbocycles. The highest BCUT2D eigenvalue weighted by atomic mass is 35.5. The highest BCUT2D eigenvalue weighted by Crippen LogP contribution is 2.28. The summed E-state index contributed by atoms with van der Waals surface area (Å²) in [6.07, 6.45) is 0. The van der Waals surface area contributed by atoms with Crippen LogP contribution in [0.15, 0.2) is 36.4 Å². The van der Waals surface area contributed by atoms with Crippen molar-refractivity contribution in [3.63, 3.8) is 0 Å². The minimum Gasteiger partial charge on any atom is -0.462 e. The van der Waals surface area contributed by atoms with Crippen molar-refractivity contribution in [2.45, 2.75) is 13.5 Å². The van der Waals surface area contributed by atoms with E-state index in [9.17, 15) is 4.79 Å². The van der Waals surface area contributed by atoms with Crippen LogP contribution in [0.3, 0.4) is 0 Å². The van der Waals surface area contributed by atoms with Crippen LogP contribution in [0.5, 0.6) is 0 Å². The van der Waals surface area contributed by atoms with Crippen LogP contribution in [-0.2, 0) is 11.3 Å². The summed E-state index contributed by atoms with van der Waals surface area (Å²) in [7, 11) is 0. The van der Waals surface area contributed by atoms with Gasteiger partial charge in [-0.25, -0.2) is 9.78 Å². The first-order valence-corrected chi connectivity index (χ1v) is 8.89. The molecule has 0 atom stereocenters. The largest absolute Gasteiger partial charge is 0.462 e. The highest BCUT2D eigenvalue weighted by molar-refractivity contribution is 7.22. The summed E-state index contributed by atoms with van der Waals surface area (Å²) in [5.74, 6) is -0.324. The summed E-state index contributed by atoms with van der Waals surface area (Å²) >= 11 is 13.5. The van der Waals surface area contributed by atoms with Gasteiger partial charge in [0, 0.05) is 16.6 Å². The maximum atomic E-state index is 11.8. The molecular formula is C17H14Cl2N2O2S. The number of thiazole rings is 1. The predicted octanol–water partition coefficient (Wildman–Crippen LogP) is 5.39. The number of halogens is 2. The number of carbonyl (C=O) groups is 1. The molecule has 0 spiro atoms. The van der Waals surface area contributed by atoms with Gasteiger partial charge in [0.2, 0.25) is 0 Å². The first kappa shape index (κ1) is 17.0. The second kappa shape index (κ2) is 7.38. The number of hydrogen-bond donors (Lipinski definition) is 1. The van der Waals surface area contributed by atoms with Gasteiger partial charge in [-0.3, -0.25) is 0 Å². The van der Waals surface area contributed by atoms with E-state index in [4.69, 9.17) is 27.9 Å². The number of ether oxygens (including phenoxy) is 1. The Balaban J connectivity index is 1.77. The molecule has 1 heterocycles. The topological polar surface area (TPSA) is 51.2 Å². The molecule has 24 heavy (non-hydrogen) atoms. The second-order valence-corrected chi connectivity index (χ2v) is 6.89. The third-order valence-corrected chi connectivity index (χ3v) is 4.91. The van der Waals surface area contributed by atoms with E-state index in [0.717, 1.165) is 20.9 Å². The normalized spacial score (nSPS) is 10.8. The van der Waals surface area contributed by atoms with Gasteiger partial charge in [-0.1, -0.05) is 40.6 Å². The lowest BCUT2D eigenvalue weighted by Crippen LogP contribution is -2.03. The molecule has 1 aromatic heterocycles. The molecule has 7 heteroatoms. The molecule has 3 aromatic rings. The van der Waals surface area contributed by atoms with Crippen LogP contribution in [0.4, 0.5) is 5.13 Å². The van der Waals surface area contributed by atoms with E-state index < -0.39 is 0 Å². The Morgan fingerprint density at radius 2 is 2.08 bits per heavy atom. The van der Waals surface area contributed by atoms with Crippen LogP contribution < -0.4 is 5.32 Å². The molecule has 124 valence electrons. The van der Waals surface area contributed by atoms with E-state index >= 15 is 0 Å². The fraction of sp³-hybridized carbons (Fsp3) is 0.176. The monoisotopic (exact) mass is 380 g/mol. The molecule has 0 aliphatic rings. The van der Waals surface area contributed by atoms with Crippen LogP contribution in [0, 0.1) is 0 Å². The molecule has 3 rings (SSSR count). The second-order valence-electron chi connectivity index (χ2n) is 5.01. The molecule has 0 bridgehead atoms. The maximum absolute atomic E-state index is 11.8. The van der Waals surface area contributed by atoms with Gasteiger partial charge >= 0.3 is 5.97 Å². The fourth-order valence-electron chi connectivity index (χ4n) is 2.18. The van der Waals surface area contributed by atoms with Gasteiger partial charge in [-0.05, 0) is 42.8 Å². The number of esters is 1. The number of rotatable bonds is 5. The Hall–Kier alpha value is -1.82. The first-order chi connectivity index (χ1) is 11.6. The van der Waals surface area contributed by atoms with Crippen molar-refractivity contribution in [3.05, 3.63) is 57.6 Å². The molecule has 0 amide bonds. The standard InChI is InChI=1S/C17H14Cl2N2O2S/c1-2-23-16(22)10-4-6-14-15(7-10)24-17(21-14)20-9-11-3-5-12(18)8-13(11)19/h3-8H,2,9H2,1H3,(H,20,21). The molecule has 0 radical (unpaired) electrons. The third-order valence-electron chi connectivity index (χ3n) is 3.34. The number of anilines is 1. The van der Waals surface area contributed by atoms with Crippen molar-refractivity contribution in [2.24, 2.45) is 0 Å². The van der Waals surface area contributed by atoms with Gasteiger partial charge in [-0.15, -0.1) is 0 Å². The predicted molar refractivity (Wildman–Crippen MR) is 99.4 cm³/mol. The van der Waals surface area contributed by atoms with E-state index in [1.807, 2.05) is 12.1 Å². The van der Waals surface area contributed by atoms with E-state index in [0.29, 0.717) is 28.8 Å². The number of fused-ring (bicyclic) bond motifs is 1. The lowest BCUT2D eigenvalue weighted by atomic mass is 10.2. The molecule has 0 fully saturated rings. The summed E-state index contributed by atoms with van der Waals surface area (Å²) in [4.78, 5) is 16.3. The summed E-state index contributed by atoms with van der Waals surface area (Å²) in [6, 6.07) is 10.7. The number of aromatic nitrogens is 1. The number of nitrogens with zero attached hydrogens (tertiary/aromatic N) is 1. The average molecular weight is 381 g/mol. The lowest BCUT2D eigenvalue weighted by molar-refractivity contribution is 0.0526. The van der Waals surface area contributed by atoms with E-state index in [1.165, 1.54) is 11.3 Å². The van der Waals surface area contributed by atoms with Gasteiger partial charge < -0.3 is 10.1 Å². The van der Waals surface area contributed by atoms with Crippen molar-refractivity contribution >= 4 is 55.9 Å².